The smallest absolute Gasteiger partial charge is 0.330 e. The van der Waals surface area contributed by atoms with E-state index >= 15 is 0 Å². The van der Waals surface area contributed by atoms with E-state index in [0.717, 1.165) is 54.1 Å². The predicted octanol–water partition coefficient (Wildman–Crippen LogP) is 10.1. The zero-order valence-corrected chi connectivity index (χ0v) is 25.5. The molecule has 1 aliphatic carbocycles. The van der Waals surface area contributed by atoms with Crippen molar-refractivity contribution in [1.29, 1.82) is 0 Å². The van der Waals surface area contributed by atoms with Gasteiger partial charge in [-0.3, -0.25) is 0 Å². The Morgan fingerprint density at radius 1 is 0.689 bits per heavy atom. The van der Waals surface area contributed by atoms with E-state index in [2.05, 4.69) is 109 Å². The summed E-state index contributed by atoms with van der Waals surface area (Å²) in [5.41, 5.74) is 9.39. The Morgan fingerprint density at radius 2 is 1.33 bits per heavy atom. The third-order valence-corrected chi connectivity index (χ3v) is 8.13. The molecule has 0 fully saturated rings. The largest absolute Gasteiger partial charge is 0.494 e. The summed E-state index contributed by atoms with van der Waals surface area (Å²) in [4.78, 5) is 13.7. The summed E-state index contributed by atoms with van der Waals surface area (Å²) >= 11 is 0. The second-order valence-corrected chi connectivity index (χ2v) is 11.2. The molecule has 0 radical (unpaired) electrons. The van der Waals surface area contributed by atoms with Gasteiger partial charge in [0.25, 0.3) is 0 Å². The van der Waals surface area contributed by atoms with Crippen molar-refractivity contribution < 1.29 is 14.3 Å². The van der Waals surface area contributed by atoms with Gasteiger partial charge in [-0.15, -0.1) is 0 Å². The van der Waals surface area contributed by atoms with Crippen molar-refractivity contribution in [3.63, 3.8) is 0 Å². The van der Waals surface area contributed by atoms with Gasteiger partial charge in [0.1, 0.15) is 5.75 Å². The predicted molar refractivity (Wildman–Crippen MR) is 187 cm³/mol. The second kappa shape index (κ2) is 14.0. The molecule has 0 unspecified atom stereocenters. The topological polar surface area (TPSA) is 38.8 Å². The van der Waals surface area contributed by atoms with E-state index in [4.69, 9.17) is 9.47 Å². The molecule has 4 nitrogen and oxygen atoms in total. The lowest BCUT2D eigenvalue weighted by Gasteiger charge is -2.27. The van der Waals surface area contributed by atoms with E-state index < -0.39 is 0 Å². The molecule has 0 amide bonds. The molecule has 5 aromatic rings. The lowest BCUT2D eigenvalue weighted by molar-refractivity contribution is -0.137. The van der Waals surface area contributed by atoms with Crippen molar-refractivity contribution in [2.75, 3.05) is 18.1 Å². The highest BCUT2D eigenvalue weighted by atomic mass is 16.5. The van der Waals surface area contributed by atoms with Gasteiger partial charge in [-0.05, 0) is 113 Å². The van der Waals surface area contributed by atoms with Crippen LogP contribution in [0.1, 0.15) is 40.7 Å². The maximum atomic E-state index is 11.3. The Hall–Kier alpha value is -5.35. The van der Waals surface area contributed by atoms with Gasteiger partial charge in [0.2, 0.25) is 0 Å². The molecule has 0 aromatic heterocycles. The third kappa shape index (κ3) is 7.08. The van der Waals surface area contributed by atoms with E-state index in [0.29, 0.717) is 13.2 Å². The molecule has 5 aromatic carbocycles. The third-order valence-electron chi connectivity index (χ3n) is 8.13. The van der Waals surface area contributed by atoms with E-state index in [1.54, 1.807) is 0 Å². The lowest BCUT2D eigenvalue weighted by atomic mass is 10.0. The van der Waals surface area contributed by atoms with E-state index in [9.17, 15) is 4.79 Å². The number of hydrogen-bond acceptors (Lipinski definition) is 4. The van der Waals surface area contributed by atoms with E-state index in [1.165, 1.54) is 39.1 Å². The number of rotatable bonds is 14. The number of carbonyl (C=O) groups excluding carboxylic acids is 1. The number of aryl methyl sites for hydroxylation is 2. The van der Waals surface area contributed by atoms with Crippen molar-refractivity contribution in [3.05, 3.63) is 150 Å². The van der Waals surface area contributed by atoms with Crippen LogP contribution in [0.4, 0.5) is 17.1 Å². The number of anilines is 3. The SMILES string of the molecule is C=CC(=O)OCCCc1ccc(N(c2ccc(CCCOc3ccc(C=C)cc3)cc2)c2cc3c4c(cccc4c2)C=C3)cc1. The number of ether oxygens (including phenoxy) is 2. The fourth-order valence-corrected chi connectivity index (χ4v) is 5.80. The molecule has 0 saturated carbocycles. The van der Waals surface area contributed by atoms with Crippen LogP contribution in [0.25, 0.3) is 29.0 Å². The van der Waals surface area contributed by atoms with Crippen LogP contribution in [0, 0.1) is 0 Å². The van der Waals surface area contributed by atoms with Gasteiger partial charge in [0, 0.05) is 23.1 Å². The van der Waals surface area contributed by atoms with Gasteiger partial charge in [-0.1, -0.05) is 86.0 Å². The Kier molecular flexibility index (Phi) is 9.22. The summed E-state index contributed by atoms with van der Waals surface area (Å²) in [7, 11) is 0. The molecule has 0 aliphatic heterocycles. The molecular formula is C41H37NO3. The Bertz CT molecular complexity index is 1830. The minimum Gasteiger partial charge on any atom is -0.494 e. The average molecular weight is 592 g/mol. The van der Waals surface area contributed by atoms with Gasteiger partial charge in [-0.2, -0.15) is 0 Å². The highest BCUT2D eigenvalue weighted by molar-refractivity contribution is 6.07. The Balaban J connectivity index is 1.19. The molecule has 4 heteroatoms. The number of esters is 1. The van der Waals surface area contributed by atoms with Gasteiger partial charge < -0.3 is 14.4 Å². The summed E-state index contributed by atoms with van der Waals surface area (Å²) in [6, 6.07) is 36.6. The summed E-state index contributed by atoms with van der Waals surface area (Å²) in [6.07, 6.45) is 10.9. The van der Waals surface area contributed by atoms with Crippen LogP contribution in [0.2, 0.25) is 0 Å². The van der Waals surface area contributed by atoms with Gasteiger partial charge >= 0.3 is 5.97 Å². The number of benzene rings is 5. The second-order valence-electron chi connectivity index (χ2n) is 11.2. The molecule has 0 N–H and O–H groups in total. The van der Waals surface area contributed by atoms with Crippen LogP contribution in [0.15, 0.2) is 122 Å². The highest BCUT2D eigenvalue weighted by Gasteiger charge is 2.17. The van der Waals surface area contributed by atoms with Crippen LogP contribution in [0.3, 0.4) is 0 Å². The van der Waals surface area contributed by atoms with Crippen molar-refractivity contribution >= 4 is 52.0 Å². The molecule has 0 bridgehead atoms. The first kappa shape index (κ1) is 29.7. The van der Waals surface area contributed by atoms with Gasteiger partial charge in [0.15, 0.2) is 0 Å². The lowest BCUT2D eigenvalue weighted by Crippen LogP contribution is -2.10. The van der Waals surface area contributed by atoms with Gasteiger partial charge in [0.05, 0.1) is 13.2 Å². The summed E-state index contributed by atoms with van der Waals surface area (Å²) < 4.78 is 11.1. The van der Waals surface area contributed by atoms with Crippen molar-refractivity contribution in [1.82, 2.24) is 0 Å². The van der Waals surface area contributed by atoms with E-state index in [1.807, 2.05) is 30.3 Å². The molecule has 0 atom stereocenters. The zero-order chi connectivity index (χ0) is 31.0. The zero-order valence-electron chi connectivity index (χ0n) is 25.5. The molecule has 45 heavy (non-hydrogen) atoms. The minimum absolute atomic E-state index is 0.379. The maximum Gasteiger partial charge on any atom is 0.330 e. The molecular weight excluding hydrogens is 554 g/mol. The van der Waals surface area contributed by atoms with Crippen LogP contribution in [-0.4, -0.2) is 19.2 Å². The van der Waals surface area contributed by atoms with Crippen molar-refractivity contribution in [2.45, 2.75) is 25.7 Å². The monoisotopic (exact) mass is 591 g/mol. The number of nitrogens with zero attached hydrogens (tertiary/aromatic N) is 1. The molecule has 224 valence electrons. The molecule has 1 aliphatic rings. The highest BCUT2D eigenvalue weighted by Crippen LogP contribution is 2.40. The molecule has 0 saturated heterocycles. The van der Waals surface area contributed by atoms with Crippen LogP contribution in [0.5, 0.6) is 5.75 Å². The maximum absolute atomic E-state index is 11.3. The normalized spacial score (nSPS) is 11.4. The van der Waals surface area contributed by atoms with Crippen LogP contribution in [-0.2, 0) is 22.4 Å². The van der Waals surface area contributed by atoms with Crippen LogP contribution < -0.4 is 9.64 Å². The van der Waals surface area contributed by atoms with Crippen molar-refractivity contribution in [2.24, 2.45) is 0 Å². The molecule has 0 heterocycles. The van der Waals surface area contributed by atoms with E-state index in [-0.39, 0.29) is 5.97 Å². The standard InChI is InChI=1S/C41H37NO3/c1-3-30-16-24-39(25-17-30)44-26-6-8-31-12-20-36(21-13-31)42(37-22-14-32(15-23-37)9-7-27-45-40(43)4-2)38-28-34-11-5-10-33-18-19-35(29-38)41(33)34/h3-5,10-25,28-29H,1-2,6-9,26-27H2. The van der Waals surface area contributed by atoms with Crippen molar-refractivity contribution in [3.8, 4) is 5.75 Å². The summed E-state index contributed by atoms with van der Waals surface area (Å²) in [6.45, 7) is 8.30. The first-order chi connectivity index (χ1) is 22.1. The molecule has 6 rings (SSSR count). The summed E-state index contributed by atoms with van der Waals surface area (Å²) in [5, 5.41) is 2.54. The number of hydrogen-bond donors (Lipinski definition) is 0. The molecule has 0 spiro atoms. The Labute approximate surface area is 265 Å². The first-order valence-corrected chi connectivity index (χ1v) is 15.5. The van der Waals surface area contributed by atoms with Crippen LogP contribution >= 0.6 is 0 Å². The minimum atomic E-state index is -0.379. The fourth-order valence-electron chi connectivity index (χ4n) is 5.80. The average Bonchev–Trinajstić information content (AvgIpc) is 3.51. The quantitative estimate of drug-likeness (QED) is 0.0718. The fraction of sp³-hybridized carbons (Fsp3) is 0.146. The number of carbonyl (C=O) groups is 1. The Morgan fingerprint density at radius 3 is 1.98 bits per heavy atom. The summed E-state index contributed by atoms with van der Waals surface area (Å²) in [5.74, 6) is 0.505. The van der Waals surface area contributed by atoms with Gasteiger partial charge in [-0.25, -0.2) is 4.79 Å². The first-order valence-electron chi connectivity index (χ1n) is 15.5.